The summed E-state index contributed by atoms with van der Waals surface area (Å²) in [7, 11) is 0. The molecule has 0 saturated carbocycles. The summed E-state index contributed by atoms with van der Waals surface area (Å²) < 4.78 is 4.77. The van der Waals surface area contributed by atoms with Gasteiger partial charge in [-0.2, -0.15) is 0 Å². The standard InChI is InChI=1S/C10H17NO7/c1-4(13)9(11)8(16)18-6(3-12)7(15)10(9,17)5(2)14/h6-8,12,15-17H,3,11H2,1-2H3/t6-,7-,8?,9+,10+/m1/s1. The first-order valence-corrected chi connectivity index (χ1v) is 5.29. The van der Waals surface area contributed by atoms with Crippen LogP contribution in [0.3, 0.4) is 0 Å². The van der Waals surface area contributed by atoms with Gasteiger partial charge >= 0.3 is 0 Å². The van der Waals surface area contributed by atoms with E-state index in [9.17, 15) is 24.9 Å². The van der Waals surface area contributed by atoms with Gasteiger partial charge in [0.25, 0.3) is 0 Å². The predicted octanol–water partition coefficient (Wildman–Crippen LogP) is -3.34. The highest BCUT2D eigenvalue weighted by Crippen LogP contribution is 2.37. The van der Waals surface area contributed by atoms with Crippen LogP contribution < -0.4 is 5.73 Å². The van der Waals surface area contributed by atoms with Gasteiger partial charge in [0.1, 0.15) is 12.2 Å². The largest absolute Gasteiger partial charge is 0.394 e. The molecule has 0 amide bonds. The lowest BCUT2D eigenvalue weighted by molar-refractivity contribution is -0.295. The van der Waals surface area contributed by atoms with Gasteiger partial charge in [-0.15, -0.1) is 0 Å². The Labute approximate surface area is 103 Å². The Morgan fingerprint density at radius 3 is 2.11 bits per heavy atom. The van der Waals surface area contributed by atoms with Crippen LogP contribution in [-0.4, -0.2) is 68.2 Å². The number of hydrogen-bond acceptors (Lipinski definition) is 8. The molecule has 5 atom stereocenters. The van der Waals surface area contributed by atoms with Crippen LogP contribution in [0.2, 0.25) is 0 Å². The number of ether oxygens (including phenoxy) is 1. The lowest BCUT2D eigenvalue weighted by Crippen LogP contribution is -2.83. The Morgan fingerprint density at radius 2 is 1.78 bits per heavy atom. The summed E-state index contributed by atoms with van der Waals surface area (Å²) in [6.45, 7) is 1.11. The van der Waals surface area contributed by atoms with Gasteiger partial charge in [-0.1, -0.05) is 0 Å². The van der Waals surface area contributed by atoms with Crippen molar-refractivity contribution < 1.29 is 34.8 Å². The van der Waals surface area contributed by atoms with Crippen molar-refractivity contribution in [2.24, 2.45) is 5.73 Å². The maximum absolute atomic E-state index is 11.6. The van der Waals surface area contributed by atoms with Gasteiger partial charge in [0, 0.05) is 0 Å². The normalized spacial score (nSPS) is 44.7. The summed E-state index contributed by atoms with van der Waals surface area (Å²) >= 11 is 0. The summed E-state index contributed by atoms with van der Waals surface area (Å²) in [5.74, 6) is -1.93. The van der Waals surface area contributed by atoms with Crippen LogP contribution in [0.4, 0.5) is 0 Å². The Morgan fingerprint density at radius 1 is 1.28 bits per heavy atom. The van der Waals surface area contributed by atoms with Gasteiger partial charge in [-0.05, 0) is 13.8 Å². The molecule has 1 saturated heterocycles. The molecule has 0 aliphatic carbocycles. The predicted molar refractivity (Wildman–Crippen MR) is 57.2 cm³/mol. The second-order valence-electron chi connectivity index (χ2n) is 4.40. The molecule has 18 heavy (non-hydrogen) atoms. The number of carbonyl (C=O) groups excluding carboxylic acids is 2. The zero-order chi connectivity index (χ0) is 14.3. The SMILES string of the molecule is CC(=O)[C@]1(N)C(O)O[C@H](CO)[C@@H](O)[C@@]1(O)C(C)=O. The number of nitrogens with two attached hydrogens (primary N) is 1. The topological polar surface area (TPSA) is 150 Å². The smallest absolute Gasteiger partial charge is 0.183 e. The maximum atomic E-state index is 11.6. The van der Waals surface area contributed by atoms with Gasteiger partial charge in [0.15, 0.2) is 29.0 Å². The average molecular weight is 263 g/mol. The molecule has 104 valence electrons. The third kappa shape index (κ3) is 1.69. The van der Waals surface area contributed by atoms with Gasteiger partial charge in [0.2, 0.25) is 0 Å². The second-order valence-corrected chi connectivity index (χ2v) is 4.40. The van der Waals surface area contributed by atoms with Crippen molar-refractivity contribution in [1.29, 1.82) is 0 Å². The van der Waals surface area contributed by atoms with Gasteiger partial charge in [-0.3, -0.25) is 9.59 Å². The molecule has 1 unspecified atom stereocenters. The number of aliphatic hydroxyl groups excluding tert-OH is 3. The summed E-state index contributed by atoms with van der Waals surface area (Å²) in [6, 6.07) is 0. The zero-order valence-electron chi connectivity index (χ0n) is 10.0. The third-order valence-corrected chi connectivity index (χ3v) is 3.40. The van der Waals surface area contributed by atoms with E-state index in [0.29, 0.717) is 0 Å². The van der Waals surface area contributed by atoms with Crippen LogP contribution in [-0.2, 0) is 14.3 Å². The van der Waals surface area contributed by atoms with Gasteiger partial charge < -0.3 is 30.9 Å². The van der Waals surface area contributed by atoms with Crippen LogP contribution >= 0.6 is 0 Å². The molecule has 1 fully saturated rings. The Kier molecular flexibility index (Phi) is 3.92. The molecule has 0 spiro atoms. The molecule has 8 heteroatoms. The van der Waals surface area contributed by atoms with Crippen LogP contribution in [0.5, 0.6) is 0 Å². The van der Waals surface area contributed by atoms with Crippen LogP contribution in [0.25, 0.3) is 0 Å². The van der Waals surface area contributed by atoms with E-state index in [-0.39, 0.29) is 0 Å². The number of carbonyl (C=O) groups is 2. The molecule has 1 aliphatic heterocycles. The lowest BCUT2D eigenvalue weighted by Gasteiger charge is -2.52. The van der Waals surface area contributed by atoms with Crippen molar-refractivity contribution >= 4 is 11.6 Å². The fraction of sp³-hybridized carbons (Fsp3) is 0.800. The van der Waals surface area contributed by atoms with Crippen molar-refractivity contribution in [3.63, 3.8) is 0 Å². The highest BCUT2D eigenvalue weighted by atomic mass is 16.6. The van der Waals surface area contributed by atoms with Crippen molar-refractivity contribution in [1.82, 2.24) is 0 Å². The molecule has 1 heterocycles. The van der Waals surface area contributed by atoms with E-state index in [4.69, 9.17) is 15.6 Å². The van der Waals surface area contributed by atoms with Crippen LogP contribution in [0.15, 0.2) is 0 Å². The van der Waals surface area contributed by atoms with E-state index >= 15 is 0 Å². The first kappa shape index (κ1) is 15.2. The molecule has 0 radical (unpaired) electrons. The monoisotopic (exact) mass is 263 g/mol. The van der Waals surface area contributed by atoms with Crippen molar-refractivity contribution in [2.75, 3.05) is 6.61 Å². The molecule has 0 bridgehead atoms. The molecular formula is C10H17NO7. The minimum absolute atomic E-state index is 0.762. The fourth-order valence-corrected chi connectivity index (χ4v) is 2.13. The van der Waals surface area contributed by atoms with Gasteiger partial charge in [-0.25, -0.2) is 0 Å². The Balaban J connectivity index is 3.41. The van der Waals surface area contributed by atoms with E-state index in [0.717, 1.165) is 13.8 Å². The highest BCUT2D eigenvalue weighted by Gasteiger charge is 2.68. The number of Topliss-reactive ketones (excluding diaryl/α,β-unsaturated/α-hetero) is 2. The van der Waals surface area contributed by atoms with Crippen LogP contribution in [0, 0.1) is 0 Å². The summed E-state index contributed by atoms with van der Waals surface area (Å²) in [5.41, 5.74) is 0.367. The molecule has 1 rings (SSSR count). The first-order chi connectivity index (χ1) is 8.13. The van der Waals surface area contributed by atoms with Crippen LogP contribution in [0.1, 0.15) is 13.8 Å². The molecule has 0 aromatic carbocycles. The van der Waals surface area contributed by atoms with Crippen molar-refractivity contribution in [2.45, 2.75) is 43.5 Å². The van der Waals surface area contributed by atoms with E-state index in [2.05, 4.69) is 0 Å². The molecule has 6 N–H and O–H groups in total. The lowest BCUT2D eigenvalue weighted by atomic mass is 9.68. The molecule has 8 nitrogen and oxygen atoms in total. The van der Waals surface area contributed by atoms with Crippen molar-refractivity contribution in [3.8, 4) is 0 Å². The van der Waals surface area contributed by atoms with Crippen molar-refractivity contribution in [3.05, 3.63) is 0 Å². The number of rotatable bonds is 3. The average Bonchev–Trinajstić information content (AvgIpc) is 2.30. The summed E-state index contributed by atoms with van der Waals surface area (Å²) in [4.78, 5) is 23.1. The summed E-state index contributed by atoms with van der Waals surface area (Å²) in [6.07, 6.45) is -5.38. The fourth-order valence-electron chi connectivity index (χ4n) is 2.13. The van der Waals surface area contributed by atoms with Gasteiger partial charge in [0.05, 0.1) is 6.61 Å². The minimum Gasteiger partial charge on any atom is -0.394 e. The molecule has 0 aromatic heterocycles. The van der Waals surface area contributed by atoms with E-state index in [1.165, 1.54) is 0 Å². The summed E-state index contributed by atoms with van der Waals surface area (Å²) in [5, 5.41) is 38.8. The number of ketones is 2. The number of hydrogen-bond donors (Lipinski definition) is 5. The Hall–Kier alpha value is -0.900. The van der Waals surface area contributed by atoms with E-state index in [1.807, 2.05) is 0 Å². The second kappa shape index (κ2) is 4.65. The number of aliphatic hydroxyl groups is 4. The molecular weight excluding hydrogens is 246 g/mol. The highest BCUT2D eigenvalue weighted by molar-refractivity contribution is 5.99. The van der Waals surface area contributed by atoms with E-state index in [1.54, 1.807) is 0 Å². The third-order valence-electron chi connectivity index (χ3n) is 3.40. The zero-order valence-corrected chi connectivity index (χ0v) is 10.0. The quantitative estimate of drug-likeness (QED) is 0.354. The van der Waals surface area contributed by atoms with E-state index < -0.39 is 47.8 Å². The maximum Gasteiger partial charge on any atom is 0.183 e. The molecule has 1 aliphatic rings. The minimum atomic E-state index is -2.73. The molecule has 0 aromatic rings. The first-order valence-electron chi connectivity index (χ1n) is 5.29. The Bertz CT molecular complexity index is 373.